The summed E-state index contributed by atoms with van der Waals surface area (Å²) in [5, 5.41) is 13.7. The number of hydrogen-bond acceptors (Lipinski definition) is 7. The second kappa shape index (κ2) is 10.2. The Kier molecular flexibility index (Phi) is 6.86. The van der Waals surface area contributed by atoms with Gasteiger partial charge < -0.3 is 16.0 Å². The minimum Gasteiger partial charge on any atom is -0.362 e. The lowest BCUT2D eigenvalue weighted by Gasteiger charge is -2.17. The van der Waals surface area contributed by atoms with Gasteiger partial charge in [-0.2, -0.15) is 5.10 Å². The first-order chi connectivity index (χ1) is 16.8. The normalized spacial score (nSPS) is 11.5. The molecule has 9 nitrogen and oxygen atoms in total. The predicted molar refractivity (Wildman–Crippen MR) is 138 cm³/mol. The number of carbonyl (C=O) groups is 1. The molecule has 1 aromatic carbocycles. The molecule has 35 heavy (non-hydrogen) atoms. The van der Waals surface area contributed by atoms with Crippen molar-refractivity contribution in [2.45, 2.75) is 26.8 Å². The van der Waals surface area contributed by atoms with Crippen LogP contribution >= 0.6 is 0 Å². The maximum atomic E-state index is 12.6. The molecule has 0 fully saturated rings. The van der Waals surface area contributed by atoms with Crippen LogP contribution in [-0.4, -0.2) is 30.6 Å². The molecule has 3 aromatic heterocycles. The highest BCUT2D eigenvalue weighted by Crippen LogP contribution is 2.23. The van der Waals surface area contributed by atoms with Crippen LogP contribution in [-0.2, 0) is 7.05 Å². The van der Waals surface area contributed by atoms with Gasteiger partial charge >= 0.3 is 0 Å². The Bertz CT molecular complexity index is 1380. The van der Waals surface area contributed by atoms with Gasteiger partial charge in [0, 0.05) is 42.6 Å². The number of anilines is 3. The van der Waals surface area contributed by atoms with Crippen LogP contribution in [0.5, 0.6) is 0 Å². The van der Waals surface area contributed by atoms with Gasteiger partial charge in [-0.1, -0.05) is 18.7 Å². The van der Waals surface area contributed by atoms with E-state index in [9.17, 15) is 4.79 Å². The van der Waals surface area contributed by atoms with Crippen molar-refractivity contribution in [3.63, 3.8) is 0 Å². The molecule has 0 bridgehead atoms. The van der Waals surface area contributed by atoms with Crippen molar-refractivity contribution >= 4 is 28.9 Å². The lowest BCUT2D eigenvalue weighted by atomic mass is 10.1. The molecule has 3 heterocycles. The number of aromatic nitrogens is 5. The summed E-state index contributed by atoms with van der Waals surface area (Å²) in [5.74, 6) is 1.08. The third-order valence-corrected chi connectivity index (χ3v) is 5.42. The van der Waals surface area contributed by atoms with E-state index in [0.717, 1.165) is 22.4 Å². The van der Waals surface area contributed by atoms with Gasteiger partial charge in [0.1, 0.15) is 5.82 Å². The van der Waals surface area contributed by atoms with Gasteiger partial charge in [0.25, 0.3) is 5.91 Å². The number of nitrogens with one attached hydrogen (secondary N) is 3. The number of carbonyl (C=O) groups excluding carboxylic acids is 1. The minimum atomic E-state index is -0.198. The molecular weight excluding hydrogens is 440 g/mol. The van der Waals surface area contributed by atoms with Crippen LogP contribution in [0.4, 0.5) is 17.3 Å². The van der Waals surface area contributed by atoms with E-state index in [-0.39, 0.29) is 11.9 Å². The van der Waals surface area contributed by atoms with E-state index in [1.165, 1.54) is 0 Å². The Balaban J connectivity index is 1.41. The Hall–Kier alpha value is -4.53. The quantitative estimate of drug-likeness (QED) is 0.343. The molecule has 0 aliphatic rings. The Morgan fingerprint density at radius 2 is 1.89 bits per heavy atom. The van der Waals surface area contributed by atoms with Crippen LogP contribution in [0, 0.1) is 13.8 Å². The van der Waals surface area contributed by atoms with Crippen molar-refractivity contribution < 1.29 is 4.79 Å². The maximum absolute atomic E-state index is 12.6. The van der Waals surface area contributed by atoms with Crippen molar-refractivity contribution in [3.05, 3.63) is 95.8 Å². The number of benzene rings is 1. The first kappa shape index (κ1) is 23.6. The second-order valence-electron chi connectivity index (χ2n) is 8.39. The van der Waals surface area contributed by atoms with Crippen LogP contribution in [0.1, 0.15) is 45.7 Å². The predicted octanol–water partition coefficient (Wildman–Crippen LogP) is 4.73. The fourth-order valence-corrected chi connectivity index (χ4v) is 3.54. The van der Waals surface area contributed by atoms with E-state index in [4.69, 9.17) is 0 Å². The average molecular weight is 469 g/mol. The molecular formula is C26H28N8O. The molecule has 0 aliphatic carbocycles. The summed E-state index contributed by atoms with van der Waals surface area (Å²) in [4.78, 5) is 25.8. The highest BCUT2D eigenvalue weighted by molar-refractivity contribution is 6.04. The third-order valence-electron chi connectivity index (χ3n) is 5.42. The topological polar surface area (TPSA) is 110 Å². The summed E-state index contributed by atoms with van der Waals surface area (Å²) in [5.41, 5.74) is 5.48. The fraction of sp³-hybridized carbons (Fsp3) is 0.192. The molecule has 4 aromatic rings. The molecule has 1 atom stereocenters. The molecule has 0 radical (unpaired) electrons. The smallest absolute Gasteiger partial charge is 0.257 e. The van der Waals surface area contributed by atoms with Gasteiger partial charge in [-0.05, 0) is 50.1 Å². The Labute approximate surface area is 204 Å². The average Bonchev–Trinajstić information content (AvgIpc) is 3.27. The third kappa shape index (κ3) is 5.89. The lowest BCUT2D eigenvalue weighted by molar-refractivity contribution is 0.102. The molecule has 0 saturated heterocycles. The number of amides is 1. The van der Waals surface area contributed by atoms with Crippen molar-refractivity contribution in [1.29, 1.82) is 0 Å². The molecule has 1 amide bonds. The summed E-state index contributed by atoms with van der Waals surface area (Å²) >= 11 is 0. The molecule has 178 valence electrons. The first-order valence-electron chi connectivity index (χ1n) is 11.2. The number of aryl methyl sites for hydroxylation is 3. The maximum Gasteiger partial charge on any atom is 0.257 e. The SMILES string of the molecule is C=C(Nc1ncc(NC(C)c2cccc(NC(=O)c3cncc(C)c3)c2)nc1C)c1cnn(C)c1. The summed E-state index contributed by atoms with van der Waals surface area (Å²) in [6.45, 7) is 9.87. The minimum absolute atomic E-state index is 0.0645. The van der Waals surface area contributed by atoms with Crippen molar-refractivity contribution in [2.75, 3.05) is 16.0 Å². The van der Waals surface area contributed by atoms with Crippen LogP contribution in [0.25, 0.3) is 5.70 Å². The van der Waals surface area contributed by atoms with Gasteiger partial charge in [0.05, 0.1) is 29.7 Å². The van der Waals surface area contributed by atoms with E-state index in [1.807, 2.05) is 64.3 Å². The summed E-state index contributed by atoms with van der Waals surface area (Å²) in [6, 6.07) is 9.44. The molecule has 3 N–H and O–H groups in total. The van der Waals surface area contributed by atoms with Crippen molar-refractivity contribution in [1.82, 2.24) is 24.7 Å². The zero-order valence-electron chi connectivity index (χ0n) is 20.2. The highest BCUT2D eigenvalue weighted by atomic mass is 16.1. The second-order valence-corrected chi connectivity index (χ2v) is 8.39. The Morgan fingerprint density at radius 1 is 1.06 bits per heavy atom. The van der Waals surface area contributed by atoms with Crippen LogP contribution in [0.2, 0.25) is 0 Å². The zero-order valence-corrected chi connectivity index (χ0v) is 20.2. The van der Waals surface area contributed by atoms with Crippen LogP contribution in [0.15, 0.2) is 67.9 Å². The summed E-state index contributed by atoms with van der Waals surface area (Å²) in [7, 11) is 1.86. The van der Waals surface area contributed by atoms with Gasteiger partial charge in [0.15, 0.2) is 5.82 Å². The number of pyridine rings is 1. The van der Waals surface area contributed by atoms with Crippen molar-refractivity contribution in [3.8, 4) is 0 Å². The van der Waals surface area contributed by atoms with E-state index < -0.39 is 0 Å². The lowest BCUT2D eigenvalue weighted by Crippen LogP contribution is -2.14. The fourth-order valence-electron chi connectivity index (χ4n) is 3.54. The standard InChI is InChI=1S/C26H28N8O/c1-16-9-21(12-27-11-16)26(35)33-23-8-6-7-20(10-23)17(2)30-24-14-28-25(19(4)31-24)32-18(3)22-13-29-34(5)15-22/h6-15,17H,3H2,1-2,4-5H3,(H,28,32)(H,30,31)(H,33,35). The number of hydrogen-bond donors (Lipinski definition) is 3. The van der Waals surface area contributed by atoms with Gasteiger partial charge in [-0.15, -0.1) is 0 Å². The number of nitrogens with zero attached hydrogens (tertiary/aromatic N) is 5. The molecule has 1 unspecified atom stereocenters. The summed E-state index contributed by atoms with van der Waals surface area (Å²) < 4.78 is 1.72. The zero-order chi connectivity index (χ0) is 24.9. The molecule has 0 spiro atoms. The first-order valence-corrected chi connectivity index (χ1v) is 11.2. The summed E-state index contributed by atoms with van der Waals surface area (Å²) in [6.07, 6.45) is 8.57. The monoisotopic (exact) mass is 468 g/mol. The van der Waals surface area contributed by atoms with Crippen LogP contribution in [0.3, 0.4) is 0 Å². The molecule has 4 rings (SSSR count). The highest BCUT2D eigenvalue weighted by Gasteiger charge is 2.12. The molecule has 0 saturated carbocycles. The van der Waals surface area contributed by atoms with E-state index in [2.05, 4.69) is 42.6 Å². The van der Waals surface area contributed by atoms with Gasteiger partial charge in [-0.25, -0.2) is 9.97 Å². The van der Waals surface area contributed by atoms with Gasteiger partial charge in [0.2, 0.25) is 0 Å². The number of rotatable bonds is 8. The van der Waals surface area contributed by atoms with Crippen molar-refractivity contribution in [2.24, 2.45) is 7.05 Å². The largest absolute Gasteiger partial charge is 0.362 e. The van der Waals surface area contributed by atoms with E-state index in [0.29, 0.717) is 28.6 Å². The van der Waals surface area contributed by atoms with Crippen LogP contribution < -0.4 is 16.0 Å². The van der Waals surface area contributed by atoms with Gasteiger partial charge in [-0.3, -0.25) is 14.5 Å². The van der Waals surface area contributed by atoms with E-state index in [1.54, 1.807) is 29.5 Å². The Morgan fingerprint density at radius 3 is 2.60 bits per heavy atom. The molecule has 0 aliphatic heterocycles. The molecule has 9 heteroatoms. The van der Waals surface area contributed by atoms with E-state index >= 15 is 0 Å².